The fourth-order valence-corrected chi connectivity index (χ4v) is 3.97. The van der Waals surface area contributed by atoms with Crippen molar-refractivity contribution in [3.05, 3.63) is 59.9 Å². The van der Waals surface area contributed by atoms with Crippen LogP contribution in [0.3, 0.4) is 0 Å². The zero-order valence-corrected chi connectivity index (χ0v) is 21.7. The van der Waals surface area contributed by atoms with Gasteiger partial charge in [0.25, 0.3) is 5.91 Å². The largest absolute Gasteiger partial charge is 0.368 e. The standard InChI is InChI=1S/C27H36FN5O3/c1-19(2)33(26(36)30-27(3,4)5)18-24(34)29-20-10-12-21(13-11-20)31-14-16-32(17-15-31)25(35)22-8-6-7-9-23(22)28/h6-13,19H,14-18H2,1-5H3,(H,29,34)(H,30,36). The van der Waals surface area contributed by atoms with Gasteiger partial charge in [-0.05, 0) is 71.0 Å². The van der Waals surface area contributed by atoms with E-state index in [9.17, 15) is 18.8 Å². The molecule has 0 spiro atoms. The van der Waals surface area contributed by atoms with E-state index in [1.54, 1.807) is 17.0 Å². The van der Waals surface area contributed by atoms with Crippen molar-refractivity contribution in [3.63, 3.8) is 0 Å². The van der Waals surface area contributed by atoms with Crippen LogP contribution in [0.2, 0.25) is 0 Å². The zero-order chi connectivity index (χ0) is 26.5. The number of carbonyl (C=O) groups excluding carboxylic acids is 3. The average molecular weight is 498 g/mol. The lowest BCUT2D eigenvalue weighted by Crippen LogP contribution is -2.52. The molecule has 0 aliphatic carbocycles. The number of piperazine rings is 1. The Bertz CT molecular complexity index is 1070. The molecule has 9 heteroatoms. The Balaban J connectivity index is 1.53. The second-order valence-corrected chi connectivity index (χ2v) is 10.3. The van der Waals surface area contributed by atoms with Crippen LogP contribution >= 0.6 is 0 Å². The number of hydrogen-bond donors (Lipinski definition) is 2. The van der Waals surface area contributed by atoms with E-state index >= 15 is 0 Å². The molecular weight excluding hydrogens is 461 g/mol. The van der Waals surface area contributed by atoms with E-state index in [1.807, 2.05) is 58.9 Å². The first-order valence-electron chi connectivity index (χ1n) is 12.2. The monoisotopic (exact) mass is 497 g/mol. The molecule has 8 nitrogen and oxygen atoms in total. The molecule has 1 aliphatic heterocycles. The summed E-state index contributed by atoms with van der Waals surface area (Å²) in [6.07, 6.45) is 0. The summed E-state index contributed by atoms with van der Waals surface area (Å²) in [6.45, 7) is 11.6. The normalized spacial score (nSPS) is 14.0. The molecule has 0 aromatic heterocycles. The molecule has 194 valence electrons. The van der Waals surface area contributed by atoms with E-state index in [4.69, 9.17) is 0 Å². The third-order valence-electron chi connectivity index (χ3n) is 5.87. The van der Waals surface area contributed by atoms with E-state index in [2.05, 4.69) is 15.5 Å². The SMILES string of the molecule is CC(C)N(CC(=O)Nc1ccc(N2CCN(C(=O)c3ccccc3F)CC2)cc1)C(=O)NC(C)(C)C. The number of halogens is 1. The lowest BCUT2D eigenvalue weighted by atomic mass is 10.1. The summed E-state index contributed by atoms with van der Waals surface area (Å²) >= 11 is 0. The Morgan fingerprint density at radius 3 is 2.14 bits per heavy atom. The smallest absolute Gasteiger partial charge is 0.318 e. The van der Waals surface area contributed by atoms with Crippen molar-refractivity contribution in [2.24, 2.45) is 0 Å². The fourth-order valence-electron chi connectivity index (χ4n) is 3.97. The second-order valence-electron chi connectivity index (χ2n) is 10.3. The van der Waals surface area contributed by atoms with E-state index in [0.717, 1.165) is 5.69 Å². The lowest BCUT2D eigenvalue weighted by molar-refractivity contribution is -0.117. The number of rotatable bonds is 6. The third kappa shape index (κ3) is 7.19. The van der Waals surface area contributed by atoms with Crippen molar-refractivity contribution >= 4 is 29.2 Å². The molecule has 4 amide bonds. The van der Waals surface area contributed by atoms with Crippen LogP contribution in [0.5, 0.6) is 0 Å². The number of hydrogen-bond acceptors (Lipinski definition) is 4. The van der Waals surface area contributed by atoms with Gasteiger partial charge in [-0.2, -0.15) is 0 Å². The maximum atomic E-state index is 14.0. The minimum atomic E-state index is -0.506. The van der Waals surface area contributed by atoms with Crippen LogP contribution in [-0.4, -0.2) is 71.9 Å². The number of anilines is 2. The number of nitrogens with one attached hydrogen (secondary N) is 2. The summed E-state index contributed by atoms with van der Waals surface area (Å²) < 4.78 is 14.0. The highest BCUT2D eigenvalue weighted by molar-refractivity contribution is 5.95. The lowest BCUT2D eigenvalue weighted by Gasteiger charge is -2.36. The van der Waals surface area contributed by atoms with Crippen LogP contribution < -0.4 is 15.5 Å². The molecule has 2 N–H and O–H groups in total. The number of carbonyl (C=O) groups is 3. The molecule has 0 radical (unpaired) electrons. The van der Waals surface area contributed by atoms with Gasteiger partial charge in [0.15, 0.2) is 0 Å². The van der Waals surface area contributed by atoms with E-state index < -0.39 is 11.4 Å². The van der Waals surface area contributed by atoms with Gasteiger partial charge in [-0.1, -0.05) is 12.1 Å². The predicted octanol–water partition coefficient (Wildman–Crippen LogP) is 3.95. The van der Waals surface area contributed by atoms with Crippen molar-refractivity contribution in [2.45, 2.75) is 46.2 Å². The molecule has 1 saturated heterocycles. The van der Waals surface area contributed by atoms with Crippen molar-refractivity contribution < 1.29 is 18.8 Å². The van der Waals surface area contributed by atoms with E-state index in [0.29, 0.717) is 31.9 Å². The van der Waals surface area contributed by atoms with Gasteiger partial charge in [-0.25, -0.2) is 9.18 Å². The van der Waals surface area contributed by atoms with Gasteiger partial charge >= 0.3 is 6.03 Å². The summed E-state index contributed by atoms with van der Waals surface area (Å²) in [4.78, 5) is 43.1. The summed E-state index contributed by atoms with van der Waals surface area (Å²) in [6, 6.07) is 13.1. The molecule has 1 fully saturated rings. The molecule has 0 saturated carbocycles. The molecule has 1 aliphatic rings. The van der Waals surface area contributed by atoms with Gasteiger partial charge in [0.05, 0.1) is 5.56 Å². The van der Waals surface area contributed by atoms with E-state index in [1.165, 1.54) is 17.0 Å². The van der Waals surface area contributed by atoms with Gasteiger partial charge in [-0.15, -0.1) is 0 Å². The highest BCUT2D eigenvalue weighted by Crippen LogP contribution is 2.21. The molecule has 0 atom stereocenters. The number of amides is 4. The maximum absolute atomic E-state index is 14.0. The van der Waals surface area contributed by atoms with Crippen LogP contribution in [-0.2, 0) is 4.79 Å². The average Bonchev–Trinajstić information content (AvgIpc) is 2.82. The Morgan fingerprint density at radius 2 is 1.58 bits per heavy atom. The molecule has 2 aromatic rings. The highest BCUT2D eigenvalue weighted by atomic mass is 19.1. The third-order valence-corrected chi connectivity index (χ3v) is 5.87. The van der Waals surface area contributed by atoms with Gasteiger partial charge < -0.3 is 25.3 Å². The van der Waals surface area contributed by atoms with Crippen molar-refractivity contribution in [1.29, 1.82) is 0 Å². The minimum absolute atomic E-state index is 0.0562. The van der Waals surface area contributed by atoms with Crippen LogP contribution in [0.15, 0.2) is 48.5 Å². The van der Waals surface area contributed by atoms with Gasteiger partial charge in [-0.3, -0.25) is 9.59 Å². The number of benzene rings is 2. The van der Waals surface area contributed by atoms with Crippen LogP contribution in [0.1, 0.15) is 45.0 Å². The van der Waals surface area contributed by atoms with Gasteiger partial charge in [0, 0.05) is 49.1 Å². The Kier molecular flexibility index (Phi) is 8.55. The molecule has 0 unspecified atom stereocenters. The molecule has 0 bridgehead atoms. The van der Waals surface area contributed by atoms with Crippen molar-refractivity contribution in [3.8, 4) is 0 Å². The van der Waals surface area contributed by atoms with Crippen molar-refractivity contribution in [2.75, 3.05) is 42.9 Å². The summed E-state index contributed by atoms with van der Waals surface area (Å²) in [5.41, 5.74) is 1.31. The number of urea groups is 1. The summed E-state index contributed by atoms with van der Waals surface area (Å²) in [5, 5.41) is 5.75. The molecule has 1 heterocycles. The topological polar surface area (TPSA) is 85.0 Å². The first-order valence-corrected chi connectivity index (χ1v) is 12.2. The van der Waals surface area contributed by atoms with Gasteiger partial charge in [0.2, 0.25) is 5.91 Å². The second kappa shape index (κ2) is 11.4. The fraction of sp³-hybridized carbons (Fsp3) is 0.444. The Labute approximate surface area is 212 Å². The Morgan fingerprint density at radius 1 is 0.972 bits per heavy atom. The first kappa shape index (κ1) is 27.0. The molecule has 36 heavy (non-hydrogen) atoms. The minimum Gasteiger partial charge on any atom is -0.368 e. The van der Waals surface area contributed by atoms with Crippen molar-refractivity contribution in [1.82, 2.24) is 15.1 Å². The molecule has 3 rings (SSSR count). The van der Waals surface area contributed by atoms with Gasteiger partial charge in [0.1, 0.15) is 12.4 Å². The Hall–Kier alpha value is -3.62. The predicted molar refractivity (Wildman–Crippen MR) is 140 cm³/mol. The quantitative estimate of drug-likeness (QED) is 0.633. The van der Waals surface area contributed by atoms with Crippen LogP contribution in [0.4, 0.5) is 20.6 Å². The zero-order valence-electron chi connectivity index (χ0n) is 21.7. The highest BCUT2D eigenvalue weighted by Gasteiger charge is 2.25. The van der Waals surface area contributed by atoms with E-state index in [-0.39, 0.29) is 36.0 Å². The first-order chi connectivity index (χ1) is 16.9. The van der Waals surface area contributed by atoms with Crippen LogP contribution in [0, 0.1) is 5.82 Å². The summed E-state index contributed by atoms with van der Waals surface area (Å²) in [7, 11) is 0. The molecular formula is C27H36FN5O3. The summed E-state index contributed by atoms with van der Waals surface area (Å²) in [5.74, 6) is -1.08. The maximum Gasteiger partial charge on any atom is 0.318 e. The molecule has 2 aromatic carbocycles. The van der Waals surface area contributed by atoms with Crippen LogP contribution in [0.25, 0.3) is 0 Å². The number of nitrogens with zero attached hydrogens (tertiary/aromatic N) is 3.